The van der Waals surface area contributed by atoms with Crippen LogP contribution in [0.4, 0.5) is 34.5 Å². The highest BCUT2D eigenvalue weighted by Crippen LogP contribution is 2.39. The van der Waals surface area contributed by atoms with Crippen molar-refractivity contribution in [2.75, 3.05) is 87.2 Å². The third-order valence-electron chi connectivity index (χ3n) is 10.5. The molecule has 4 heterocycles. The molecule has 1 aromatic heterocycles. The van der Waals surface area contributed by atoms with Crippen molar-refractivity contribution in [2.45, 2.75) is 31.8 Å². The summed E-state index contributed by atoms with van der Waals surface area (Å²) in [5.41, 5.74) is 4.40. The number of hydrogen-bond acceptors (Lipinski definition) is 13. The third kappa shape index (κ3) is 9.62. The first-order valence-electron chi connectivity index (χ1n) is 19.4. The van der Waals surface area contributed by atoms with Crippen LogP contribution in [0, 0.1) is 0 Å². The fourth-order valence-electron chi connectivity index (χ4n) is 7.43. The van der Waals surface area contributed by atoms with Gasteiger partial charge in [-0.15, -0.1) is 0 Å². The molecule has 1 atom stereocenters. The lowest BCUT2D eigenvalue weighted by Crippen LogP contribution is -2.52. The zero-order valence-corrected chi connectivity index (χ0v) is 34.8. The Kier molecular flexibility index (Phi) is 12.7. The van der Waals surface area contributed by atoms with Crippen LogP contribution in [0.25, 0.3) is 0 Å². The zero-order valence-electron chi connectivity index (χ0n) is 33.1. The van der Waals surface area contributed by atoms with Crippen LogP contribution in [0.5, 0.6) is 5.75 Å². The highest BCUT2D eigenvalue weighted by atomic mass is 35.5. The summed E-state index contributed by atoms with van der Waals surface area (Å²) in [6.07, 6.45) is 2.27. The number of halogens is 1. The normalized spacial score (nSPS) is 16.8. The Hall–Kier alpha value is -5.70. The average molecular weight is 844 g/mol. The van der Waals surface area contributed by atoms with Gasteiger partial charge >= 0.3 is 0 Å². The molecule has 0 saturated carbocycles. The van der Waals surface area contributed by atoms with Gasteiger partial charge in [0.1, 0.15) is 24.0 Å². The van der Waals surface area contributed by atoms with Gasteiger partial charge in [0.2, 0.25) is 23.7 Å². The van der Waals surface area contributed by atoms with Crippen molar-refractivity contribution < 1.29 is 33.2 Å². The van der Waals surface area contributed by atoms with Crippen LogP contribution in [0.15, 0.2) is 66.9 Å². The van der Waals surface area contributed by atoms with E-state index in [4.69, 9.17) is 21.1 Å². The fourth-order valence-corrected chi connectivity index (χ4v) is 8.73. The molecule has 7 rings (SSSR count). The zero-order chi connectivity index (χ0) is 41.7. The number of nitrogens with one attached hydrogen (secondary N) is 4. The van der Waals surface area contributed by atoms with Gasteiger partial charge in [-0.3, -0.25) is 24.5 Å². The number of nitrogens with zero attached hydrogens (tertiary/aromatic N) is 5. The molecule has 16 nitrogen and oxygen atoms in total. The van der Waals surface area contributed by atoms with Gasteiger partial charge in [0.15, 0.2) is 5.82 Å². The summed E-state index contributed by atoms with van der Waals surface area (Å²) < 4.78 is 24.4. The molecular weight excluding hydrogens is 797 g/mol. The molecule has 4 N–H and O–H groups in total. The Morgan fingerprint density at radius 2 is 1.75 bits per heavy atom. The van der Waals surface area contributed by atoms with Crippen LogP contribution < -0.4 is 36.2 Å². The largest absolute Gasteiger partial charge is 0.494 e. The minimum absolute atomic E-state index is 0.0291. The Balaban J connectivity index is 0.852. The number of methoxy groups -OCH3 is 1. The standard InChI is InChI=1S/C41H47ClN9O7P/c1-57-34-23-26(11-12-31(34)46-41-44-24-29(42)38(48-41)45-32-8-4-5-10-35(32)59(2,3)56)49-17-19-50(20-18-49)37(53)15-21-58-22-16-43-30-9-6-7-27-28(30)25-51(40(27)55)33-13-14-36(52)47-39(33)54/h4-12,23-24,33,43H,13-22,25H2,1-3H3,(H,47,52,54)(H2,44,45,46,48). The van der Waals surface area contributed by atoms with Gasteiger partial charge in [-0.1, -0.05) is 29.8 Å². The SMILES string of the molecule is COc1cc(N2CCN(C(=O)CCOCCNc3cccc4c3CN(C3CCC(=O)NC3=O)C4=O)CC2)ccc1Nc1ncc(Cl)c(Nc2ccccc2P(C)(C)=O)n1. The van der Waals surface area contributed by atoms with Crippen molar-refractivity contribution >= 4 is 82.2 Å². The fraction of sp³-hybridized carbons (Fsp3) is 0.366. The number of amides is 4. The molecule has 0 bridgehead atoms. The molecular formula is C41H47ClN9O7P. The van der Waals surface area contributed by atoms with Crippen molar-refractivity contribution in [3.63, 3.8) is 0 Å². The molecule has 2 saturated heterocycles. The summed E-state index contributed by atoms with van der Waals surface area (Å²) in [7, 11) is -0.977. The molecule has 59 heavy (non-hydrogen) atoms. The first kappa shape index (κ1) is 41.5. The second kappa shape index (κ2) is 18.1. The van der Waals surface area contributed by atoms with Crippen LogP contribution in [-0.2, 0) is 30.2 Å². The molecule has 0 radical (unpaired) electrons. The summed E-state index contributed by atoms with van der Waals surface area (Å²) >= 11 is 6.45. The molecule has 2 fully saturated rings. The molecule has 3 aliphatic rings. The molecule has 310 valence electrons. The van der Waals surface area contributed by atoms with Gasteiger partial charge in [0.05, 0.1) is 44.3 Å². The molecule has 1 unspecified atom stereocenters. The Morgan fingerprint density at radius 1 is 0.966 bits per heavy atom. The molecule has 0 spiro atoms. The highest BCUT2D eigenvalue weighted by Gasteiger charge is 2.40. The van der Waals surface area contributed by atoms with Crippen molar-refractivity contribution in [3.8, 4) is 5.75 Å². The first-order chi connectivity index (χ1) is 28.4. The Morgan fingerprint density at radius 3 is 2.51 bits per heavy atom. The summed E-state index contributed by atoms with van der Waals surface area (Å²) in [6.45, 7) is 7.25. The van der Waals surface area contributed by atoms with Crippen molar-refractivity contribution in [1.29, 1.82) is 0 Å². The van der Waals surface area contributed by atoms with Crippen molar-refractivity contribution in [2.24, 2.45) is 0 Å². The smallest absolute Gasteiger partial charge is 0.255 e. The number of aromatic nitrogens is 2. The van der Waals surface area contributed by atoms with Gasteiger partial charge in [-0.05, 0) is 56.1 Å². The number of piperazine rings is 1. The third-order valence-corrected chi connectivity index (χ3v) is 12.3. The number of fused-ring (bicyclic) bond motifs is 1. The molecule has 3 aromatic carbocycles. The molecule has 4 aromatic rings. The summed E-state index contributed by atoms with van der Waals surface area (Å²) in [5, 5.41) is 13.1. The lowest BCUT2D eigenvalue weighted by molar-refractivity contribution is -0.137. The minimum Gasteiger partial charge on any atom is -0.494 e. The highest BCUT2D eigenvalue weighted by molar-refractivity contribution is 7.70. The van der Waals surface area contributed by atoms with E-state index in [1.54, 1.807) is 32.6 Å². The number of para-hydroxylation sites is 1. The van der Waals surface area contributed by atoms with Gasteiger partial charge in [0.25, 0.3) is 5.91 Å². The number of carbonyl (C=O) groups is 4. The summed E-state index contributed by atoms with van der Waals surface area (Å²) in [6, 6.07) is 17.9. The van der Waals surface area contributed by atoms with E-state index in [0.717, 1.165) is 16.9 Å². The topological polar surface area (TPSA) is 187 Å². The molecule has 0 aliphatic carbocycles. The van der Waals surface area contributed by atoms with Crippen LogP contribution in [0.3, 0.4) is 0 Å². The monoisotopic (exact) mass is 843 g/mol. The maximum absolute atomic E-state index is 13.1. The van der Waals surface area contributed by atoms with E-state index in [0.29, 0.717) is 90.5 Å². The predicted molar refractivity (Wildman–Crippen MR) is 227 cm³/mol. The van der Waals surface area contributed by atoms with E-state index in [1.165, 1.54) is 11.1 Å². The van der Waals surface area contributed by atoms with Gasteiger partial charge in [-0.2, -0.15) is 4.98 Å². The van der Waals surface area contributed by atoms with Crippen molar-refractivity contribution in [1.82, 2.24) is 25.1 Å². The number of anilines is 6. The second-order valence-corrected chi connectivity index (χ2v) is 18.4. The van der Waals surface area contributed by atoms with Gasteiger partial charge < -0.3 is 44.7 Å². The number of carbonyl (C=O) groups excluding carboxylic acids is 4. The van der Waals surface area contributed by atoms with Crippen molar-refractivity contribution in [3.05, 3.63) is 83.0 Å². The Bertz CT molecular complexity index is 2300. The summed E-state index contributed by atoms with van der Waals surface area (Å²) in [4.78, 5) is 64.7. The first-order valence-corrected chi connectivity index (χ1v) is 22.4. The van der Waals surface area contributed by atoms with Gasteiger partial charge in [-0.25, -0.2) is 4.98 Å². The molecule has 4 amide bonds. The maximum Gasteiger partial charge on any atom is 0.255 e. The summed E-state index contributed by atoms with van der Waals surface area (Å²) in [5.74, 6) is 0.291. The van der Waals surface area contributed by atoms with Crippen LogP contribution in [0.1, 0.15) is 35.2 Å². The van der Waals surface area contributed by atoms with E-state index in [9.17, 15) is 23.7 Å². The van der Waals surface area contributed by atoms with Crippen LogP contribution >= 0.6 is 18.7 Å². The lowest BCUT2D eigenvalue weighted by Gasteiger charge is -2.36. The van der Waals surface area contributed by atoms with E-state index < -0.39 is 19.1 Å². The average Bonchev–Trinajstić information content (AvgIpc) is 3.56. The Labute approximate surface area is 347 Å². The second-order valence-electron chi connectivity index (χ2n) is 14.8. The maximum atomic E-state index is 13.1. The number of benzene rings is 3. The number of rotatable bonds is 15. The van der Waals surface area contributed by atoms with E-state index in [-0.39, 0.29) is 43.7 Å². The van der Waals surface area contributed by atoms with Gasteiger partial charge in [0, 0.05) is 79.6 Å². The predicted octanol–water partition coefficient (Wildman–Crippen LogP) is 4.80. The van der Waals surface area contributed by atoms with Crippen LogP contribution in [0.2, 0.25) is 5.02 Å². The van der Waals surface area contributed by atoms with E-state index in [1.807, 2.05) is 53.4 Å². The van der Waals surface area contributed by atoms with Crippen LogP contribution in [-0.4, -0.2) is 116 Å². The lowest BCUT2D eigenvalue weighted by atomic mass is 10.0. The quantitative estimate of drug-likeness (QED) is 0.0727. The number of ether oxygens (including phenoxy) is 2. The molecule has 18 heteroatoms. The minimum atomic E-state index is -2.57. The number of hydrogen-bond donors (Lipinski definition) is 4. The molecule has 3 aliphatic heterocycles. The number of imide groups is 1. The number of piperidine rings is 1. The van der Waals surface area contributed by atoms with E-state index in [2.05, 4.69) is 36.1 Å². The van der Waals surface area contributed by atoms with E-state index >= 15 is 0 Å².